The molecule has 0 amide bonds. The first kappa shape index (κ1) is 15.8. The maximum atomic E-state index is 12.3. The molecule has 0 bridgehead atoms. The lowest BCUT2D eigenvalue weighted by Gasteiger charge is -2.56. The highest BCUT2D eigenvalue weighted by atomic mass is 16.1. The van der Waals surface area contributed by atoms with Gasteiger partial charge in [0.2, 0.25) is 0 Å². The predicted octanol–water partition coefficient (Wildman–Crippen LogP) is 4.80. The average molecular weight is 316 g/mol. The molecule has 23 heavy (non-hydrogen) atoms. The smallest absolute Gasteiger partial charge is 0.133 e. The number of ketones is 2. The quantitative estimate of drug-likeness (QED) is 0.733. The molecular formula is C21H32O2. The molecule has 4 aliphatic rings. The van der Waals surface area contributed by atoms with Crippen molar-refractivity contribution in [2.75, 3.05) is 0 Å². The zero-order chi connectivity index (χ0) is 16.2. The van der Waals surface area contributed by atoms with Gasteiger partial charge in [-0.15, -0.1) is 0 Å². The summed E-state index contributed by atoms with van der Waals surface area (Å²) in [5.74, 6) is 5.31. The lowest BCUT2D eigenvalue weighted by Crippen LogP contribution is -2.50. The molecule has 0 N–H and O–H groups in total. The summed E-state index contributed by atoms with van der Waals surface area (Å²) in [6, 6.07) is 0. The second kappa shape index (κ2) is 5.70. The van der Waals surface area contributed by atoms with E-state index in [9.17, 15) is 9.59 Å². The molecule has 0 aliphatic heterocycles. The highest BCUT2D eigenvalue weighted by Crippen LogP contribution is 2.65. The van der Waals surface area contributed by atoms with E-state index in [2.05, 4.69) is 6.92 Å². The van der Waals surface area contributed by atoms with Crippen LogP contribution in [0.5, 0.6) is 0 Å². The van der Waals surface area contributed by atoms with Crippen LogP contribution in [0.15, 0.2) is 0 Å². The number of carbonyl (C=O) groups excluding carboxylic acids is 2. The Balaban J connectivity index is 1.60. The highest BCUT2D eigenvalue weighted by molar-refractivity contribution is 5.80. The Morgan fingerprint density at radius 3 is 2.61 bits per heavy atom. The number of rotatable bonds is 2. The van der Waals surface area contributed by atoms with Gasteiger partial charge in [0.25, 0.3) is 0 Å². The third-order valence-corrected chi connectivity index (χ3v) is 8.63. The van der Waals surface area contributed by atoms with Gasteiger partial charge >= 0.3 is 0 Å². The van der Waals surface area contributed by atoms with Gasteiger partial charge in [0.1, 0.15) is 11.6 Å². The Morgan fingerprint density at radius 2 is 1.87 bits per heavy atom. The third-order valence-electron chi connectivity index (χ3n) is 8.63. The molecule has 0 heterocycles. The summed E-state index contributed by atoms with van der Waals surface area (Å²) in [5, 5.41) is 0. The Hall–Kier alpha value is -0.660. The van der Waals surface area contributed by atoms with E-state index in [4.69, 9.17) is 0 Å². The predicted molar refractivity (Wildman–Crippen MR) is 90.9 cm³/mol. The summed E-state index contributed by atoms with van der Waals surface area (Å²) < 4.78 is 0. The van der Waals surface area contributed by atoms with E-state index in [0.717, 1.165) is 49.4 Å². The van der Waals surface area contributed by atoms with Crippen molar-refractivity contribution in [1.82, 2.24) is 0 Å². The number of hydrogen-bond acceptors (Lipinski definition) is 2. The highest BCUT2D eigenvalue weighted by Gasteiger charge is 2.59. The van der Waals surface area contributed by atoms with E-state index in [-0.39, 0.29) is 0 Å². The molecule has 0 unspecified atom stereocenters. The van der Waals surface area contributed by atoms with Crippen molar-refractivity contribution in [1.29, 1.82) is 0 Å². The molecule has 4 rings (SSSR count). The van der Waals surface area contributed by atoms with E-state index < -0.39 is 0 Å². The number of carbonyl (C=O) groups is 2. The van der Waals surface area contributed by atoms with E-state index in [1.54, 1.807) is 0 Å². The molecule has 4 fully saturated rings. The summed E-state index contributed by atoms with van der Waals surface area (Å²) in [7, 11) is 0. The average Bonchev–Trinajstić information content (AvgIpc) is 2.94. The van der Waals surface area contributed by atoms with Crippen molar-refractivity contribution in [3.63, 3.8) is 0 Å². The van der Waals surface area contributed by atoms with Crippen LogP contribution in [0, 0.1) is 40.9 Å². The third kappa shape index (κ3) is 2.27. The van der Waals surface area contributed by atoms with E-state index in [1.165, 1.54) is 38.5 Å². The molecule has 7 atom stereocenters. The summed E-state index contributed by atoms with van der Waals surface area (Å²) in [4.78, 5) is 24.1. The molecule has 0 aromatic carbocycles. The monoisotopic (exact) mass is 316 g/mol. The maximum absolute atomic E-state index is 12.3. The zero-order valence-electron chi connectivity index (χ0n) is 14.9. The Morgan fingerprint density at radius 1 is 1.04 bits per heavy atom. The van der Waals surface area contributed by atoms with Crippen molar-refractivity contribution in [2.24, 2.45) is 40.9 Å². The van der Waals surface area contributed by atoms with Crippen LogP contribution in [0.3, 0.4) is 0 Å². The molecular weight excluding hydrogens is 284 g/mol. The summed E-state index contributed by atoms with van der Waals surface area (Å²) in [6.45, 7) is 4.17. The molecule has 128 valence electrons. The van der Waals surface area contributed by atoms with Crippen molar-refractivity contribution < 1.29 is 9.59 Å². The molecule has 4 saturated carbocycles. The number of fused-ring (bicyclic) bond motifs is 5. The zero-order valence-corrected chi connectivity index (χ0v) is 14.9. The van der Waals surface area contributed by atoms with Gasteiger partial charge in [-0.25, -0.2) is 0 Å². The molecule has 0 aromatic rings. The second-order valence-corrected chi connectivity index (χ2v) is 9.08. The molecule has 4 aliphatic carbocycles. The normalized spacial score (nSPS) is 49.2. The van der Waals surface area contributed by atoms with Gasteiger partial charge in [-0.05, 0) is 93.3 Å². The van der Waals surface area contributed by atoms with Crippen molar-refractivity contribution in [3.05, 3.63) is 0 Å². The van der Waals surface area contributed by atoms with Crippen LogP contribution < -0.4 is 0 Å². The summed E-state index contributed by atoms with van der Waals surface area (Å²) in [5.41, 5.74) is 0.324. The minimum absolute atomic E-state index is 0.324. The largest absolute Gasteiger partial charge is 0.300 e. The SMILES string of the molecule is CC[C@]12CC[C@H]3[C@@H](CC[C@@H]4CC(=O)CC[C@@H]43)[C@@H]1CC[C@@H]2C(C)=O. The van der Waals surface area contributed by atoms with Gasteiger partial charge in [0, 0.05) is 18.8 Å². The van der Waals surface area contributed by atoms with Gasteiger partial charge in [0.05, 0.1) is 0 Å². The second-order valence-electron chi connectivity index (χ2n) is 9.08. The number of hydrogen-bond donors (Lipinski definition) is 0. The lowest BCUT2D eigenvalue weighted by atomic mass is 9.48. The van der Waals surface area contributed by atoms with Gasteiger partial charge in [-0.2, -0.15) is 0 Å². The fraction of sp³-hybridized carbons (Fsp3) is 0.905. The Kier molecular flexibility index (Phi) is 3.93. The van der Waals surface area contributed by atoms with Crippen LogP contribution in [0.25, 0.3) is 0 Å². The minimum atomic E-state index is 0.324. The van der Waals surface area contributed by atoms with Gasteiger partial charge in [-0.3, -0.25) is 9.59 Å². The Labute approximate surface area is 140 Å². The van der Waals surface area contributed by atoms with Crippen LogP contribution in [-0.4, -0.2) is 11.6 Å². The first-order valence-electron chi connectivity index (χ1n) is 10.1. The van der Waals surface area contributed by atoms with Crippen LogP contribution in [0.4, 0.5) is 0 Å². The van der Waals surface area contributed by atoms with E-state index in [1.807, 2.05) is 6.92 Å². The summed E-state index contributed by atoms with van der Waals surface area (Å²) in [6.07, 6.45) is 11.7. The van der Waals surface area contributed by atoms with Crippen molar-refractivity contribution in [3.8, 4) is 0 Å². The minimum Gasteiger partial charge on any atom is -0.300 e. The van der Waals surface area contributed by atoms with Crippen molar-refractivity contribution >= 4 is 11.6 Å². The molecule has 2 heteroatoms. The molecule has 0 spiro atoms. The molecule has 2 nitrogen and oxygen atoms in total. The van der Waals surface area contributed by atoms with Crippen LogP contribution in [-0.2, 0) is 9.59 Å². The topological polar surface area (TPSA) is 34.1 Å². The summed E-state index contributed by atoms with van der Waals surface area (Å²) >= 11 is 0. The van der Waals surface area contributed by atoms with Gasteiger partial charge in [0.15, 0.2) is 0 Å². The van der Waals surface area contributed by atoms with Crippen LogP contribution in [0.1, 0.15) is 78.1 Å². The first-order valence-corrected chi connectivity index (χ1v) is 10.1. The number of Topliss-reactive ketones (excluding diaryl/α,β-unsaturated/α-hetero) is 2. The Bertz CT molecular complexity index is 510. The molecule has 0 saturated heterocycles. The molecule has 0 radical (unpaired) electrons. The standard InChI is InChI=1S/C21H32O2/c1-3-21-11-10-17-16-7-5-15(23)12-14(16)4-6-18(17)20(21)9-8-19(21)13(2)22/h14,16-20H,3-12H2,1-2H3/t14-,16+,17-,18-,19-,20+,21-/m1/s1. The van der Waals surface area contributed by atoms with Crippen LogP contribution in [0.2, 0.25) is 0 Å². The van der Waals surface area contributed by atoms with Crippen molar-refractivity contribution in [2.45, 2.75) is 78.1 Å². The lowest BCUT2D eigenvalue weighted by molar-refractivity contribution is -0.133. The van der Waals surface area contributed by atoms with E-state index in [0.29, 0.717) is 28.8 Å². The van der Waals surface area contributed by atoms with Gasteiger partial charge < -0.3 is 0 Å². The van der Waals surface area contributed by atoms with Gasteiger partial charge in [-0.1, -0.05) is 6.92 Å². The van der Waals surface area contributed by atoms with Crippen LogP contribution >= 0.6 is 0 Å². The molecule has 0 aromatic heterocycles. The first-order chi connectivity index (χ1) is 11.1. The fourth-order valence-corrected chi connectivity index (χ4v) is 7.76. The van der Waals surface area contributed by atoms with E-state index >= 15 is 0 Å². The fourth-order valence-electron chi connectivity index (χ4n) is 7.76. The maximum Gasteiger partial charge on any atom is 0.133 e.